The minimum atomic E-state index is -0.00130. The summed E-state index contributed by atoms with van der Waals surface area (Å²) < 4.78 is 0. The molecule has 0 spiro atoms. The van der Waals surface area contributed by atoms with E-state index in [-0.39, 0.29) is 10.1 Å². The zero-order valence-electron chi connectivity index (χ0n) is 15.6. The van der Waals surface area contributed by atoms with E-state index in [0.717, 1.165) is 22.3 Å². The molecule has 0 radical (unpaired) electrons. The fourth-order valence-corrected chi connectivity index (χ4v) is 3.25. The third-order valence-corrected chi connectivity index (χ3v) is 4.84. The van der Waals surface area contributed by atoms with Gasteiger partial charge in [0.05, 0.1) is 0 Å². The monoisotopic (exact) mass is 348 g/mol. The largest absolute Gasteiger partial charge is 0.623 e. The fraction of sp³-hybridized carbons (Fsp3) is 0.182. The van der Waals surface area contributed by atoms with Gasteiger partial charge in [0.2, 0.25) is 0 Å². The molecule has 134 valence electrons. The highest BCUT2D eigenvalue weighted by molar-refractivity contribution is 5.56. The molecular weight excluding hydrogens is 324 g/mol. The molecule has 2 atom stereocenters. The Morgan fingerprint density at radius 2 is 0.846 bits per heavy atom. The van der Waals surface area contributed by atoms with Crippen molar-refractivity contribution in [3.63, 3.8) is 0 Å². The predicted molar refractivity (Wildman–Crippen MR) is 106 cm³/mol. The van der Waals surface area contributed by atoms with Gasteiger partial charge >= 0.3 is 0 Å². The van der Waals surface area contributed by atoms with Crippen LogP contribution < -0.4 is 10.1 Å². The highest BCUT2D eigenvalue weighted by Crippen LogP contribution is 2.23. The summed E-state index contributed by atoms with van der Waals surface area (Å²) in [7, 11) is 0. The number of aryl methyl sites for hydroxylation is 4. The van der Waals surface area contributed by atoms with Gasteiger partial charge in [-0.3, -0.25) is 0 Å². The molecule has 0 aliphatic heterocycles. The van der Waals surface area contributed by atoms with Crippen molar-refractivity contribution >= 4 is 22.7 Å². The molecule has 26 heavy (non-hydrogen) atoms. The van der Waals surface area contributed by atoms with Crippen LogP contribution in [0.4, 0.5) is 22.7 Å². The second-order valence-electron chi connectivity index (χ2n) is 6.77. The Hall–Kier alpha value is -2.50. The van der Waals surface area contributed by atoms with E-state index in [0.29, 0.717) is 22.7 Å². The first-order valence-corrected chi connectivity index (χ1v) is 8.72. The number of benzene rings is 3. The van der Waals surface area contributed by atoms with Gasteiger partial charge in [-0.25, -0.2) is 0 Å². The zero-order chi connectivity index (χ0) is 18.8. The number of para-hydroxylation sites is 2. The first-order chi connectivity index (χ1) is 12.4. The lowest BCUT2D eigenvalue weighted by molar-refractivity contribution is -0.702. The first kappa shape index (κ1) is 18.3. The Labute approximate surface area is 154 Å². The number of nitrogens with one attached hydrogen (secondary N) is 2. The Balaban J connectivity index is 2.02. The summed E-state index contributed by atoms with van der Waals surface area (Å²) in [6.07, 6.45) is 0. The van der Waals surface area contributed by atoms with Crippen LogP contribution in [0.1, 0.15) is 22.3 Å². The van der Waals surface area contributed by atoms with Gasteiger partial charge < -0.3 is 20.5 Å². The van der Waals surface area contributed by atoms with Gasteiger partial charge in [-0.15, -0.1) is 0 Å². The maximum atomic E-state index is 13.0. The van der Waals surface area contributed by atoms with Crippen LogP contribution in [0.25, 0.3) is 0 Å². The van der Waals surface area contributed by atoms with Crippen LogP contribution in [-0.2, 0) is 0 Å². The predicted octanol–water partition coefficient (Wildman–Crippen LogP) is 3.61. The minimum Gasteiger partial charge on any atom is -0.623 e. The van der Waals surface area contributed by atoms with Gasteiger partial charge in [-0.1, -0.05) is 36.4 Å². The summed E-state index contributed by atoms with van der Waals surface area (Å²) in [6, 6.07) is 18.8. The smallest absolute Gasteiger partial charge is 0.139 e. The molecule has 3 rings (SSSR count). The van der Waals surface area contributed by atoms with E-state index in [1.807, 2.05) is 88.4 Å². The lowest BCUT2D eigenvalue weighted by Crippen LogP contribution is -2.98. The molecule has 0 bridgehead atoms. The van der Waals surface area contributed by atoms with Crippen molar-refractivity contribution in [3.8, 4) is 0 Å². The molecule has 0 heterocycles. The molecule has 3 aromatic carbocycles. The molecule has 3 aromatic rings. The average molecular weight is 348 g/mol. The van der Waals surface area contributed by atoms with Crippen molar-refractivity contribution in [2.45, 2.75) is 27.7 Å². The van der Waals surface area contributed by atoms with Gasteiger partial charge in [0.25, 0.3) is 0 Å². The van der Waals surface area contributed by atoms with Crippen molar-refractivity contribution in [2.75, 3.05) is 0 Å². The molecule has 0 aliphatic carbocycles. The van der Waals surface area contributed by atoms with E-state index in [4.69, 9.17) is 0 Å². The van der Waals surface area contributed by atoms with Crippen LogP contribution in [0.3, 0.4) is 0 Å². The molecule has 0 fully saturated rings. The number of hydrogen-bond acceptors (Lipinski definition) is 2. The van der Waals surface area contributed by atoms with Crippen LogP contribution in [-0.4, -0.2) is 0 Å². The van der Waals surface area contributed by atoms with Crippen molar-refractivity contribution in [1.82, 2.24) is 0 Å². The topological polar surface area (TPSA) is 55.0 Å². The van der Waals surface area contributed by atoms with Crippen LogP contribution in [0, 0.1) is 38.1 Å². The number of hydrogen-bond donors (Lipinski definition) is 2. The normalized spacial score (nSPS) is 13.5. The second kappa shape index (κ2) is 7.40. The summed E-state index contributed by atoms with van der Waals surface area (Å²) in [4.78, 5) is 0. The summed E-state index contributed by atoms with van der Waals surface area (Å²) in [5, 5.41) is 25.9. The Bertz CT molecular complexity index is 860. The third-order valence-electron chi connectivity index (χ3n) is 4.84. The first-order valence-electron chi connectivity index (χ1n) is 8.72. The third kappa shape index (κ3) is 3.41. The minimum absolute atomic E-state index is 0.00130. The molecule has 0 saturated carbocycles. The summed E-state index contributed by atoms with van der Waals surface area (Å²) >= 11 is 0. The van der Waals surface area contributed by atoms with E-state index in [1.54, 1.807) is 0 Å². The zero-order valence-corrected chi connectivity index (χ0v) is 15.6. The summed E-state index contributed by atoms with van der Waals surface area (Å²) in [5.74, 6) is 0. The molecule has 0 aromatic heterocycles. The SMILES string of the molecule is Cc1ccccc1[NH+]([O-])c1cc(C)c([NH+]([O-])c2ccccc2C)cc1C. The Kier molecular flexibility index (Phi) is 5.20. The highest BCUT2D eigenvalue weighted by Gasteiger charge is 2.18. The van der Waals surface area contributed by atoms with Crippen molar-refractivity contribution in [2.24, 2.45) is 0 Å². The molecule has 0 aliphatic rings. The molecule has 4 heteroatoms. The Morgan fingerprint density at radius 1 is 0.500 bits per heavy atom. The van der Waals surface area contributed by atoms with Crippen molar-refractivity contribution in [1.29, 1.82) is 0 Å². The Morgan fingerprint density at radius 3 is 1.19 bits per heavy atom. The maximum Gasteiger partial charge on any atom is 0.139 e. The lowest BCUT2D eigenvalue weighted by atomic mass is 10.1. The molecule has 2 unspecified atom stereocenters. The van der Waals surface area contributed by atoms with E-state index in [2.05, 4.69) is 0 Å². The molecule has 0 amide bonds. The van der Waals surface area contributed by atoms with Crippen molar-refractivity contribution in [3.05, 3.63) is 93.3 Å². The van der Waals surface area contributed by atoms with E-state index in [1.165, 1.54) is 0 Å². The van der Waals surface area contributed by atoms with Gasteiger partial charge in [0.1, 0.15) is 22.7 Å². The molecule has 4 nitrogen and oxygen atoms in total. The molecule has 0 saturated heterocycles. The van der Waals surface area contributed by atoms with Crippen LogP contribution in [0.5, 0.6) is 0 Å². The van der Waals surface area contributed by atoms with E-state index >= 15 is 0 Å². The van der Waals surface area contributed by atoms with Crippen LogP contribution in [0.15, 0.2) is 60.7 Å². The maximum absolute atomic E-state index is 13.0. The second-order valence-corrected chi connectivity index (χ2v) is 6.77. The van der Waals surface area contributed by atoms with Gasteiger partial charge in [0.15, 0.2) is 0 Å². The van der Waals surface area contributed by atoms with Crippen LogP contribution in [0.2, 0.25) is 0 Å². The summed E-state index contributed by atoms with van der Waals surface area (Å²) in [6.45, 7) is 7.65. The lowest BCUT2D eigenvalue weighted by Gasteiger charge is -2.28. The average Bonchev–Trinajstić information content (AvgIpc) is 2.63. The van der Waals surface area contributed by atoms with Crippen molar-refractivity contribution < 1.29 is 10.1 Å². The quantitative estimate of drug-likeness (QED) is 0.708. The molecular formula is C22H24N2O2. The number of quaternary nitrogens is 2. The van der Waals surface area contributed by atoms with Gasteiger partial charge in [-0.05, 0) is 27.7 Å². The standard InChI is InChI=1S/C22H24N2O2/c1-15-9-5-7-11-19(15)23(25)21-13-18(4)22(14-17(21)3)24(26)20-12-8-6-10-16(20)2/h5-14,23-24H,1-4H3. The number of rotatable bonds is 4. The fourth-order valence-electron chi connectivity index (χ4n) is 3.25. The molecule has 2 N–H and O–H groups in total. The summed E-state index contributed by atoms with van der Waals surface area (Å²) in [5.41, 5.74) is 6.25. The van der Waals surface area contributed by atoms with Crippen LogP contribution >= 0.6 is 0 Å². The van der Waals surface area contributed by atoms with Gasteiger partial charge in [-0.2, -0.15) is 0 Å². The highest BCUT2D eigenvalue weighted by atomic mass is 16.5. The van der Waals surface area contributed by atoms with E-state index < -0.39 is 0 Å². The van der Waals surface area contributed by atoms with Gasteiger partial charge in [0, 0.05) is 46.5 Å². The van der Waals surface area contributed by atoms with E-state index in [9.17, 15) is 10.4 Å².